The first kappa shape index (κ1) is 13.1. The number of aryl methyl sites for hydroxylation is 1. The van der Waals surface area contributed by atoms with Gasteiger partial charge in [0.2, 0.25) is 5.13 Å². The minimum atomic E-state index is 0.691. The van der Waals surface area contributed by atoms with E-state index in [9.17, 15) is 0 Å². The molecule has 0 bridgehead atoms. The molecule has 4 nitrogen and oxygen atoms in total. The Kier molecular flexibility index (Phi) is 6.76. The zero-order valence-corrected chi connectivity index (χ0v) is 10.6. The van der Waals surface area contributed by atoms with Crippen LogP contribution in [0.3, 0.4) is 0 Å². The minimum Gasteiger partial charge on any atom is -0.379 e. The average molecular weight is 241 g/mol. The van der Waals surface area contributed by atoms with Crippen molar-refractivity contribution in [1.29, 1.82) is 0 Å². The molecule has 0 aliphatic rings. The Bertz CT molecular complexity index is 301. The maximum absolute atomic E-state index is 5.37. The molecule has 0 aromatic carbocycles. The molecule has 0 saturated heterocycles. The van der Waals surface area contributed by atoms with Crippen LogP contribution in [-0.4, -0.2) is 29.1 Å². The lowest BCUT2D eigenvalue weighted by atomic mass is 10.3. The first-order valence-corrected chi connectivity index (χ1v) is 6.39. The van der Waals surface area contributed by atoms with Gasteiger partial charge in [-0.25, -0.2) is 4.98 Å². The van der Waals surface area contributed by atoms with Crippen molar-refractivity contribution in [2.75, 3.05) is 25.1 Å². The van der Waals surface area contributed by atoms with E-state index < -0.39 is 0 Å². The molecular weight excluding hydrogens is 222 g/mol. The molecule has 0 aliphatic carbocycles. The van der Waals surface area contributed by atoms with Crippen molar-refractivity contribution >= 4 is 16.7 Å². The van der Waals surface area contributed by atoms with Gasteiger partial charge >= 0.3 is 0 Å². The molecule has 5 heteroatoms. The van der Waals surface area contributed by atoms with Crippen molar-refractivity contribution in [2.45, 2.75) is 26.2 Å². The van der Waals surface area contributed by atoms with Crippen LogP contribution in [0.5, 0.6) is 0 Å². The molecule has 0 spiro atoms. The highest BCUT2D eigenvalue weighted by Gasteiger charge is 2.01. The first-order valence-electron chi connectivity index (χ1n) is 5.62. The summed E-state index contributed by atoms with van der Waals surface area (Å²) in [4.78, 5) is 4.36. The first-order chi connectivity index (χ1) is 7.86. The maximum atomic E-state index is 5.37. The molecule has 0 unspecified atom stereocenters. The number of nitrogens with one attached hydrogen (secondary N) is 1. The van der Waals surface area contributed by atoms with E-state index in [-0.39, 0.29) is 0 Å². The highest BCUT2D eigenvalue weighted by atomic mass is 32.1. The molecule has 0 amide bonds. The lowest BCUT2D eigenvalue weighted by Gasteiger charge is -2.02. The van der Waals surface area contributed by atoms with Gasteiger partial charge in [-0.05, 0) is 12.8 Å². The third-order valence-corrected chi connectivity index (χ3v) is 2.64. The van der Waals surface area contributed by atoms with E-state index in [0.29, 0.717) is 6.61 Å². The second kappa shape index (κ2) is 8.24. The Morgan fingerprint density at radius 1 is 1.50 bits per heavy atom. The fourth-order valence-electron chi connectivity index (χ4n) is 1.15. The van der Waals surface area contributed by atoms with Gasteiger partial charge < -0.3 is 10.1 Å². The molecule has 0 atom stereocenters. The van der Waals surface area contributed by atoms with Gasteiger partial charge in [-0.2, -0.15) is 4.37 Å². The van der Waals surface area contributed by atoms with Gasteiger partial charge in [-0.15, -0.1) is 6.58 Å². The number of anilines is 1. The lowest BCUT2D eigenvalue weighted by Crippen LogP contribution is -2.09. The number of hydrogen-bond acceptors (Lipinski definition) is 5. The third-order valence-electron chi connectivity index (χ3n) is 1.93. The summed E-state index contributed by atoms with van der Waals surface area (Å²) in [7, 11) is 0. The highest BCUT2D eigenvalue weighted by Crippen LogP contribution is 2.11. The highest BCUT2D eigenvalue weighted by molar-refractivity contribution is 7.09. The van der Waals surface area contributed by atoms with Crippen LogP contribution < -0.4 is 5.32 Å². The number of nitrogens with zero attached hydrogens (tertiary/aromatic N) is 2. The van der Waals surface area contributed by atoms with Crippen molar-refractivity contribution in [3.05, 3.63) is 18.5 Å². The smallest absolute Gasteiger partial charge is 0.202 e. The Morgan fingerprint density at radius 2 is 2.38 bits per heavy atom. The summed E-state index contributed by atoms with van der Waals surface area (Å²) in [6.07, 6.45) is 4.80. The van der Waals surface area contributed by atoms with Crippen molar-refractivity contribution in [3.8, 4) is 0 Å². The van der Waals surface area contributed by atoms with Crippen molar-refractivity contribution in [1.82, 2.24) is 9.36 Å². The molecule has 1 rings (SSSR count). The topological polar surface area (TPSA) is 47.0 Å². The van der Waals surface area contributed by atoms with Crippen LogP contribution in [0.2, 0.25) is 0 Å². The van der Waals surface area contributed by atoms with Crippen LogP contribution in [-0.2, 0) is 11.2 Å². The summed E-state index contributed by atoms with van der Waals surface area (Å²) < 4.78 is 9.62. The second-order valence-electron chi connectivity index (χ2n) is 3.38. The van der Waals surface area contributed by atoms with Crippen molar-refractivity contribution < 1.29 is 4.74 Å². The summed E-state index contributed by atoms with van der Waals surface area (Å²) in [5.74, 6) is 0.933. The normalized spacial score (nSPS) is 10.3. The molecule has 90 valence electrons. The zero-order chi connectivity index (χ0) is 11.6. The Morgan fingerprint density at radius 3 is 3.12 bits per heavy atom. The molecule has 1 aromatic rings. The summed E-state index contributed by atoms with van der Waals surface area (Å²) in [6.45, 7) is 7.97. The number of aromatic nitrogens is 2. The zero-order valence-electron chi connectivity index (χ0n) is 9.74. The number of hydrogen-bond donors (Lipinski definition) is 1. The van der Waals surface area contributed by atoms with Crippen LogP contribution in [0, 0.1) is 0 Å². The molecule has 1 aromatic heterocycles. The Labute approximate surface area is 101 Å². The molecule has 0 saturated carbocycles. The molecule has 1 N–H and O–H groups in total. The van der Waals surface area contributed by atoms with Crippen LogP contribution in [0.1, 0.15) is 25.6 Å². The number of ether oxygens (including phenoxy) is 1. The van der Waals surface area contributed by atoms with E-state index in [1.54, 1.807) is 0 Å². The van der Waals surface area contributed by atoms with Crippen LogP contribution in [0.4, 0.5) is 5.13 Å². The summed E-state index contributed by atoms with van der Waals surface area (Å²) in [5, 5.41) is 4.08. The van der Waals surface area contributed by atoms with Crippen molar-refractivity contribution in [3.63, 3.8) is 0 Å². The van der Waals surface area contributed by atoms with E-state index in [1.807, 2.05) is 6.08 Å². The SMILES string of the molecule is C=CCCOCCNc1nc(CCC)ns1. The average Bonchev–Trinajstić information content (AvgIpc) is 2.72. The van der Waals surface area contributed by atoms with E-state index in [2.05, 4.69) is 28.2 Å². The lowest BCUT2D eigenvalue weighted by molar-refractivity contribution is 0.149. The van der Waals surface area contributed by atoms with Gasteiger partial charge in [0.1, 0.15) is 5.82 Å². The van der Waals surface area contributed by atoms with Gasteiger partial charge in [0, 0.05) is 24.5 Å². The summed E-state index contributed by atoms with van der Waals surface area (Å²) >= 11 is 1.41. The van der Waals surface area contributed by atoms with Crippen LogP contribution in [0.25, 0.3) is 0 Å². The van der Waals surface area contributed by atoms with Crippen LogP contribution in [0.15, 0.2) is 12.7 Å². The minimum absolute atomic E-state index is 0.691. The molecule has 1 heterocycles. The van der Waals surface area contributed by atoms with E-state index >= 15 is 0 Å². The Balaban J connectivity index is 2.09. The fraction of sp³-hybridized carbons (Fsp3) is 0.636. The van der Waals surface area contributed by atoms with Gasteiger partial charge in [-0.1, -0.05) is 13.0 Å². The molecular formula is C11H19N3OS. The Hall–Kier alpha value is -0.940. The summed E-state index contributed by atoms with van der Waals surface area (Å²) in [5.41, 5.74) is 0. The molecule has 0 fully saturated rings. The van der Waals surface area contributed by atoms with E-state index in [0.717, 1.165) is 43.4 Å². The second-order valence-corrected chi connectivity index (χ2v) is 4.13. The maximum Gasteiger partial charge on any atom is 0.202 e. The molecule has 0 radical (unpaired) electrons. The predicted molar refractivity (Wildman–Crippen MR) is 68.0 cm³/mol. The number of rotatable bonds is 9. The van der Waals surface area contributed by atoms with Gasteiger partial charge in [0.05, 0.1) is 13.2 Å². The third kappa shape index (κ3) is 5.23. The fourth-order valence-corrected chi connectivity index (χ4v) is 1.79. The van der Waals surface area contributed by atoms with E-state index in [4.69, 9.17) is 4.74 Å². The monoisotopic (exact) mass is 241 g/mol. The molecule has 0 aliphatic heterocycles. The van der Waals surface area contributed by atoms with Gasteiger partial charge in [-0.3, -0.25) is 0 Å². The predicted octanol–water partition coefficient (Wildman–Crippen LogP) is 2.50. The quantitative estimate of drug-likeness (QED) is 0.533. The van der Waals surface area contributed by atoms with Crippen LogP contribution >= 0.6 is 11.5 Å². The van der Waals surface area contributed by atoms with Gasteiger partial charge in [0.15, 0.2) is 0 Å². The molecule has 16 heavy (non-hydrogen) atoms. The largest absolute Gasteiger partial charge is 0.379 e. The van der Waals surface area contributed by atoms with Crippen molar-refractivity contribution in [2.24, 2.45) is 0 Å². The standard InChI is InChI=1S/C11H19N3OS/c1-3-5-8-15-9-7-12-11-13-10(6-4-2)14-16-11/h3H,1,4-9H2,2H3,(H,12,13,14). The summed E-state index contributed by atoms with van der Waals surface area (Å²) in [6, 6.07) is 0. The van der Waals surface area contributed by atoms with E-state index in [1.165, 1.54) is 11.5 Å². The van der Waals surface area contributed by atoms with Gasteiger partial charge in [0.25, 0.3) is 0 Å².